The Kier molecular flexibility index (Phi) is 6.91. The number of benzene rings is 2. The summed E-state index contributed by atoms with van der Waals surface area (Å²) in [5.74, 6) is 0. The van der Waals surface area contributed by atoms with Crippen LogP contribution < -0.4 is 10.6 Å². The minimum absolute atomic E-state index is 0.0492. The Bertz CT molecular complexity index is 629. The fourth-order valence-corrected chi connectivity index (χ4v) is 2.42. The van der Waals surface area contributed by atoms with Crippen LogP contribution in [0.1, 0.15) is 16.7 Å². The molecular formula is C18H21ClN2O2. The molecule has 0 atom stereocenters. The van der Waals surface area contributed by atoms with Gasteiger partial charge in [0.25, 0.3) is 0 Å². The van der Waals surface area contributed by atoms with E-state index >= 15 is 0 Å². The molecule has 4 nitrogen and oxygen atoms in total. The number of halogens is 1. The van der Waals surface area contributed by atoms with Gasteiger partial charge in [0.1, 0.15) is 0 Å². The van der Waals surface area contributed by atoms with Gasteiger partial charge in [0.2, 0.25) is 0 Å². The molecule has 0 spiro atoms. The summed E-state index contributed by atoms with van der Waals surface area (Å²) in [6.07, 6.45) is 1.50. The van der Waals surface area contributed by atoms with Gasteiger partial charge in [0.05, 0.1) is 6.61 Å². The molecule has 0 aliphatic heterocycles. The molecule has 2 amide bonds. The minimum Gasteiger partial charge on any atom is -0.392 e. The minimum atomic E-state index is -0.168. The van der Waals surface area contributed by atoms with Crippen molar-refractivity contribution in [2.24, 2.45) is 0 Å². The molecule has 0 aromatic heterocycles. The van der Waals surface area contributed by atoms with Gasteiger partial charge in [-0.3, -0.25) is 0 Å². The zero-order valence-corrected chi connectivity index (χ0v) is 13.6. The third-order valence-corrected chi connectivity index (χ3v) is 3.73. The van der Waals surface area contributed by atoms with Crippen molar-refractivity contribution in [3.05, 3.63) is 70.2 Å². The Morgan fingerprint density at radius 2 is 1.52 bits per heavy atom. The van der Waals surface area contributed by atoms with Crippen LogP contribution in [0.5, 0.6) is 0 Å². The smallest absolute Gasteiger partial charge is 0.314 e. The van der Waals surface area contributed by atoms with Crippen molar-refractivity contribution in [3.63, 3.8) is 0 Å². The van der Waals surface area contributed by atoms with Crippen LogP contribution >= 0.6 is 11.6 Å². The Hall–Kier alpha value is -2.04. The first-order valence-corrected chi connectivity index (χ1v) is 8.00. The van der Waals surface area contributed by atoms with Crippen LogP contribution in [0, 0.1) is 0 Å². The van der Waals surface area contributed by atoms with E-state index in [0.717, 1.165) is 29.5 Å². The lowest BCUT2D eigenvalue weighted by Crippen LogP contribution is -2.37. The Morgan fingerprint density at radius 3 is 2.13 bits per heavy atom. The van der Waals surface area contributed by atoms with E-state index < -0.39 is 0 Å². The monoisotopic (exact) mass is 332 g/mol. The summed E-state index contributed by atoms with van der Waals surface area (Å²) in [5, 5.41) is 15.4. The molecule has 23 heavy (non-hydrogen) atoms. The number of aliphatic hydroxyl groups excluding tert-OH is 1. The summed E-state index contributed by atoms with van der Waals surface area (Å²) in [4.78, 5) is 11.7. The van der Waals surface area contributed by atoms with E-state index in [1.54, 1.807) is 0 Å². The maximum atomic E-state index is 11.7. The summed E-state index contributed by atoms with van der Waals surface area (Å²) in [6, 6.07) is 15.2. The van der Waals surface area contributed by atoms with E-state index in [0.29, 0.717) is 18.1 Å². The zero-order valence-electron chi connectivity index (χ0n) is 12.9. The van der Waals surface area contributed by atoms with Gasteiger partial charge in [-0.25, -0.2) is 4.79 Å². The molecule has 0 heterocycles. The number of rotatable bonds is 7. The highest BCUT2D eigenvalue weighted by Gasteiger charge is 2.01. The van der Waals surface area contributed by atoms with Crippen molar-refractivity contribution in [1.29, 1.82) is 0 Å². The highest BCUT2D eigenvalue weighted by molar-refractivity contribution is 6.30. The molecule has 3 N–H and O–H groups in total. The zero-order chi connectivity index (χ0) is 16.5. The second-order valence-corrected chi connectivity index (χ2v) is 5.72. The van der Waals surface area contributed by atoms with E-state index in [9.17, 15) is 4.79 Å². The molecule has 0 unspecified atom stereocenters. The van der Waals surface area contributed by atoms with E-state index in [1.807, 2.05) is 48.5 Å². The van der Waals surface area contributed by atoms with Crippen LogP contribution in [0.2, 0.25) is 5.02 Å². The van der Waals surface area contributed by atoms with Crippen LogP contribution in [-0.4, -0.2) is 24.2 Å². The molecule has 0 radical (unpaired) electrons. The molecule has 5 heteroatoms. The number of hydrogen-bond donors (Lipinski definition) is 3. The number of urea groups is 1. The molecule has 0 aliphatic rings. The lowest BCUT2D eigenvalue weighted by atomic mass is 10.1. The van der Waals surface area contributed by atoms with Crippen molar-refractivity contribution in [1.82, 2.24) is 10.6 Å². The van der Waals surface area contributed by atoms with E-state index in [4.69, 9.17) is 16.7 Å². The second-order valence-electron chi connectivity index (χ2n) is 5.29. The number of carbonyl (C=O) groups excluding carboxylic acids is 1. The number of nitrogens with one attached hydrogen (secondary N) is 2. The first-order chi connectivity index (χ1) is 11.2. The van der Waals surface area contributed by atoms with Gasteiger partial charge in [-0.15, -0.1) is 0 Å². The lowest BCUT2D eigenvalue weighted by Gasteiger charge is -2.08. The Labute approximate surface area is 141 Å². The predicted octanol–water partition coefficient (Wildman–Crippen LogP) is 2.92. The van der Waals surface area contributed by atoms with Crippen LogP contribution in [-0.2, 0) is 19.4 Å². The molecule has 0 aliphatic carbocycles. The number of amides is 2. The van der Waals surface area contributed by atoms with Crippen LogP contribution in [0.15, 0.2) is 48.5 Å². The van der Waals surface area contributed by atoms with E-state index in [1.165, 1.54) is 0 Å². The van der Waals surface area contributed by atoms with Crippen molar-refractivity contribution in [2.45, 2.75) is 19.4 Å². The maximum Gasteiger partial charge on any atom is 0.314 e. The molecule has 0 saturated heterocycles. The number of aliphatic hydroxyl groups is 1. The standard InChI is InChI=1S/C18H21ClN2O2/c19-17-3-1-2-15(12-17)9-11-21-18(23)20-10-8-14-4-6-16(13-22)7-5-14/h1-7,12,22H,8-11,13H2,(H2,20,21,23). The average molecular weight is 333 g/mol. The summed E-state index contributed by atoms with van der Waals surface area (Å²) in [5.41, 5.74) is 3.11. The molecule has 0 saturated carbocycles. The largest absolute Gasteiger partial charge is 0.392 e. The molecule has 0 bridgehead atoms. The summed E-state index contributed by atoms with van der Waals surface area (Å²) < 4.78 is 0. The lowest BCUT2D eigenvalue weighted by molar-refractivity contribution is 0.241. The van der Waals surface area contributed by atoms with E-state index in [2.05, 4.69) is 10.6 Å². The van der Waals surface area contributed by atoms with Gasteiger partial charge in [-0.2, -0.15) is 0 Å². The quantitative estimate of drug-likeness (QED) is 0.730. The SMILES string of the molecule is O=C(NCCc1ccc(CO)cc1)NCCc1cccc(Cl)c1. The predicted molar refractivity (Wildman–Crippen MR) is 92.6 cm³/mol. The van der Waals surface area contributed by atoms with Crippen LogP contribution in [0.3, 0.4) is 0 Å². The molecule has 122 valence electrons. The molecule has 2 rings (SSSR count). The average Bonchev–Trinajstić information content (AvgIpc) is 2.55. The summed E-state index contributed by atoms with van der Waals surface area (Å²) in [7, 11) is 0. The first kappa shape index (κ1) is 17.3. The van der Waals surface area contributed by atoms with Crippen LogP contribution in [0.4, 0.5) is 4.79 Å². The van der Waals surface area contributed by atoms with Gasteiger partial charge in [-0.05, 0) is 41.7 Å². The van der Waals surface area contributed by atoms with Gasteiger partial charge < -0.3 is 15.7 Å². The van der Waals surface area contributed by atoms with Crippen molar-refractivity contribution < 1.29 is 9.90 Å². The normalized spacial score (nSPS) is 10.3. The third-order valence-electron chi connectivity index (χ3n) is 3.49. The third kappa shape index (κ3) is 6.30. The summed E-state index contributed by atoms with van der Waals surface area (Å²) >= 11 is 5.92. The number of carbonyl (C=O) groups is 1. The van der Waals surface area contributed by atoms with Crippen molar-refractivity contribution in [2.75, 3.05) is 13.1 Å². The van der Waals surface area contributed by atoms with Crippen LogP contribution in [0.25, 0.3) is 0 Å². The molecular weight excluding hydrogens is 312 g/mol. The second kappa shape index (κ2) is 9.18. The van der Waals surface area contributed by atoms with E-state index in [-0.39, 0.29) is 12.6 Å². The molecule has 0 fully saturated rings. The first-order valence-electron chi connectivity index (χ1n) is 7.62. The fraction of sp³-hybridized carbons (Fsp3) is 0.278. The van der Waals surface area contributed by atoms with Gasteiger partial charge in [0, 0.05) is 18.1 Å². The molecule has 2 aromatic rings. The number of hydrogen-bond acceptors (Lipinski definition) is 2. The van der Waals surface area contributed by atoms with Gasteiger partial charge >= 0.3 is 6.03 Å². The highest BCUT2D eigenvalue weighted by Crippen LogP contribution is 2.10. The van der Waals surface area contributed by atoms with Gasteiger partial charge in [-0.1, -0.05) is 48.0 Å². The maximum absolute atomic E-state index is 11.7. The van der Waals surface area contributed by atoms with Crippen molar-refractivity contribution >= 4 is 17.6 Å². The van der Waals surface area contributed by atoms with Gasteiger partial charge in [0.15, 0.2) is 0 Å². The fourth-order valence-electron chi connectivity index (χ4n) is 2.21. The summed E-state index contributed by atoms with van der Waals surface area (Å²) in [6.45, 7) is 1.19. The Balaban J connectivity index is 1.63. The topological polar surface area (TPSA) is 61.4 Å². The molecule has 2 aromatic carbocycles. The Morgan fingerprint density at radius 1 is 0.913 bits per heavy atom. The van der Waals surface area contributed by atoms with Crippen molar-refractivity contribution in [3.8, 4) is 0 Å². The highest BCUT2D eigenvalue weighted by atomic mass is 35.5.